The lowest BCUT2D eigenvalue weighted by atomic mass is 10.1. The van der Waals surface area contributed by atoms with Crippen LogP contribution in [0.25, 0.3) is 0 Å². The SMILES string of the molecule is CCCCCCCCCCCCCOP(=O)(O)C(O)P(=O)(O)O. The van der Waals surface area contributed by atoms with E-state index in [1.165, 1.54) is 44.9 Å². The lowest BCUT2D eigenvalue weighted by molar-refractivity contribution is 0.186. The van der Waals surface area contributed by atoms with Crippen molar-refractivity contribution in [3.63, 3.8) is 0 Å². The zero-order valence-corrected chi connectivity index (χ0v) is 15.8. The Morgan fingerprint density at radius 3 is 1.57 bits per heavy atom. The van der Waals surface area contributed by atoms with Crippen LogP contribution in [0.15, 0.2) is 0 Å². The molecule has 0 aromatic heterocycles. The summed E-state index contributed by atoms with van der Waals surface area (Å²) in [6.07, 6.45) is 12.3. The van der Waals surface area contributed by atoms with Crippen LogP contribution < -0.4 is 0 Å². The third kappa shape index (κ3) is 12.3. The maximum absolute atomic E-state index is 11.4. The summed E-state index contributed by atoms with van der Waals surface area (Å²) in [6.45, 7) is 2.11. The molecule has 140 valence electrons. The third-order valence-corrected chi connectivity index (χ3v) is 7.13. The van der Waals surface area contributed by atoms with Crippen molar-refractivity contribution in [2.45, 2.75) is 83.1 Å². The van der Waals surface area contributed by atoms with Crippen molar-refractivity contribution in [1.29, 1.82) is 0 Å². The van der Waals surface area contributed by atoms with Crippen molar-refractivity contribution < 1.29 is 33.4 Å². The number of hydrogen-bond donors (Lipinski definition) is 4. The van der Waals surface area contributed by atoms with Crippen LogP contribution in [-0.4, -0.2) is 32.0 Å². The largest absolute Gasteiger partial charge is 0.370 e. The van der Waals surface area contributed by atoms with Gasteiger partial charge in [0.1, 0.15) is 0 Å². The predicted octanol–water partition coefficient (Wildman–Crippen LogP) is 3.95. The zero-order chi connectivity index (χ0) is 17.8. The van der Waals surface area contributed by atoms with Gasteiger partial charge in [-0.2, -0.15) is 0 Å². The minimum Gasteiger partial charge on any atom is -0.370 e. The fourth-order valence-electron chi connectivity index (χ4n) is 2.22. The molecule has 0 saturated heterocycles. The van der Waals surface area contributed by atoms with E-state index in [1.54, 1.807) is 0 Å². The van der Waals surface area contributed by atoms with E-state index in [0.29, 0.717) is 6.42 Å². The van der Waals surface area contributed by atoms with Gasteiger partial charge in [-0.15, -0.1) is 0 Å². The van der Waals surface area contributed by atoms with E-state index in [1.807, 2.05) is 0 Å². The van der Waals surface area contributed by atoms with Crippen LogP contribution in [0.3, 0.4) is 0 Å². The predicted molar refractivity (Wildman–Crippen MR) is 90.3 cm³/mol. The van der Waals surface area contributed by atoms with E-state index in [0.717, 1.165) is 19.3 Å². The quantitative estimate of drug-likeness (QED) is 0.253. The molecule has 4 N–H and O–H groups in total. The second-order valence-corrected chi connectivity index (χ2v) is 9.82. The van der Waals surface area contributed by atoms with Crippen molar-refractivity contribution >= 4 is 15.2 Å². The summed E-state index contributed by atoms with van der Waals surface area (Å²) in [7, 11) is -9.74. The number of rotatable bonds is 15. The first-order chi connectivity index (χ1) is 10.7. The van der Waals surface area contributed by atoms with Crippen LogP contribution in [0.4, 0.5) is 0 Å². The minimum absolute atomic E-state index is 0.0954. The van der Waals surface area contributed by atoms with Gasteiger partial charge in [0.2, 0.25) is 0 Å². The summed E-state index contributed by atoms with van der Waals surface area (Å²) in [5.74, 6) is 0. The fraction of sp³-hybridized carbons (Fsp3) is 1.00. The topological polar surface area (TPSA) is 124 Å². The van der Waals surface area contributed by atoms with Crippen molar-refractivity contribution in [3.05, 3.63) is 0 Å². The van der Waals surface area contributed by atoms with Gasteiger partial charge < -0.3 is 24.3 Å². The third-order valence-electron chi connectivity index (χ3n) is 3.62. The molecule has 0 aromatic carbocycles. The first-order valence-electron chi connectivity index (χ1n) is 8.42. The highest BCUT2D eigenvalue weighted by atomic mass is 31.2. The van der Waals surface area contributed by atoms with Crippen LogP contribution in [0.1, 0.15) is 77.6 Å². The van der Waals surface area contributed by atoms with E-state index in [-0.39, 0.29) is 6.61 Å². The van der Waals surface area contributed by atoms with Gasteiger partial charge in [-0.3, -0.25) is 9.13 Å². The first kappa shape index (κ1) is 23.3. The molecule has 9 heteroatoms. The zero-order valence-electron chi connectivity index (χ0n) is 14.0. The van der Waals surface area contributed by atoms with Crippen LogP contribution in [0.5, 0.6) is 0 Å². The molecule has 0 aliphatic heterocycles. The van der Waals surface area contributed by atoms with E-state index in [9.17, 15) is 14.0 Å². The van der Waals surface area contributed by atoms with Crippen LogP contribution in [-0.2, 0) is 13.7 Å². The molecule has 0 bridgehead atoms. The maximum atomic E-state index is 11.4. The summed E-state index contributed by atoms with van der Waals surface area (Å²) in [5, 5.41) is 9.09. The molecule has 0 aliphatic rings. The standard InChI is InChI=1S/C14H32O7P2/c1-2-3-4-5-6-7-8-9-10-11-12-13-21-23(19,20)14(15)22(16,17)18/h14-15H,2-13H2,1H3,(H,19,20)(H2,16,17,18). The van der Waals surface area contributed by atoms with E-state index in [4.69, 9.17) is 14.9 Å². The van der Waals surface area contributed by atoms with E-state index < -0.39 is 20.8 Å². The average molecular weight is 374 g/mol. The molecule has 2 atom stereocenters. The summed E-state index contributed by atoms with van der Waals surface area (Å²) in [6, 6.07) is 0. The number of aliphatic hydroxyl groups is 1. The van der Waals surface area contributed by atoms with Crippen molar-refractivity contribution in [1.82, 2.24) is 0 Å². The van der Waals surface area contributed by atoms with Gasteiger partial charge in [-0.25, -0.2) is 0 Å². The Hall–Kier alpha value is 0.260. The highest BCUT2D eigenvalue weighted by Crippen LogP contribution is 2.61. The first-order valence-corrected chi connectivity index (χ1v) is 11.7. The maximum Gasteiger partial charge on any atom is 0.368 e. The molecule has 0 heterocycles. The monoisotopic (exact) mass is 374 g/mol. The summed E-state index contributed by atoms with van der Waals surface area (Å²) < 4.78 is 26.7. The van der Waals surface area contributed by atoms with Gasteiger partial charge in [0, 0.05) is 0 Å². The Bertz CT molecular complexity index is 383. The van der Waals surface area contributed by atoms with Crippen LogP contribution >= 0.6 is 15.2 Å². The Balaban J connectivity index is 3.52. The van der Waals surface area contributed by atoms with Crippen molar-refractivity contribution in [2.75, 3.05) is 6.61 Å². The molecular formula is C14H32O7P2. The molecule has 0 fully saturated rings. The minimum atomic E-state index is -5.05. The van der Waals surface area contributed by atoms with Crippen molar-refractivity contribution in [3.8, 4) is 0 Å². The summed E-state index contributed by atoms with van der Waals surface area (Å²) in [5.41, 5.74) is -2.66. The van der Waals surface area contributed by atoms with Gasteiger partial charge in [0.05, 0.1) is 6.61 Å². The molecule has 23 heavy (non-hydrogen) atoms. The highest BCUT2D eigenvalue weighted by Gasteiger charge is 2.44. The smallest absolute Gasteiger partial charge is 0.368 e. The van der Waals surface area contributed by atoms with E-state index >= 15 is 0 Å². The van der Waals surface area contributed by atoms with Gasteiger partial charge >= 0.3 is 15.2 Å². The second kappa shape index (κ2) is 12.6. The Kier molecular flexibility index (Phi) is 12.7. The van der Waals surface area contributed by atoms with Gasteiger partial charge in [0.25, 0.3) is 5.59 Å². The molecular weight excluding hydrogens is 342 g/mol. The number of hydrogen-bond acceptors (Lipinski definition) is 4. The van der Waals surface area contributed by atoms with Gasteiger partial charge in [-0.1, -0.05) is 71.1 Å². The molecule has 0 amide bonds. The molecule has 0 aliphatic carbocycles. The molecule has 0 aromatic rings. The number of unbranched alkanes of at least 4 members (excludes halogenated alkanes) is 10. The highest BCUT2D eigenvalue weighted by molar-refractivity contribution is 7.70. The molecule has 2 unspecified atom stereocenters. The van der Waals surface area contributed by atoms with Crippen LogP contribution in [0, 0.1) is 0 Å². The Morgan fingerprint density at radius 2 is 1.17 bits per heavy atom. The summed E-state index contributed by atoms with van der Waals surface area (Å²) in [4.78, 5) is 26.6. The Labute approximate surface area is 139 Å². The van der Waals surface area contributed by atoms with Gasteiger partial charge in [0.15, 0.2) is 0 Å². The summed E-state index contributed by atoms with van der Waals surface area (Å²) >= 11 is 0. The van der Waals surface area contributed by atoms with Crippen molar-refractivity contribution in [2.24, 2.45) is 0 Å². The lowest BCUT2D eigenvalue weighted by Gasteiger charge is -2.18. The fourth-order valence-corrected chi connectivity index (χ4v) is 4.46. The molecule has 0 saturated carbocycles. The van der Waals surface area contributed by atoms with E-state index in [2.05, 4.69) is 11.4 Å². The normalized spacial score (nSPS) is 16.2. The second-order valence-electron chi connectivity index (χ2n) is 5.87. The molecule has 0 spiro atoms. The van der Waals surface area contributed by atoms with Gasteiger partial charge in [-0.05, 0) is 6.42 Å². The average Bonchev–Trinajstić information content (AvgIpc) is 2.46. The molecule has 0 rings (SSSR count). The van der Waals surface area contributed by atoms with Crippen LogP contribution in [0.2, 0.25) is 0 Å². The molecule has 0 radical (unpaired) electrons. The Morgan fingerprint density at radius 1 is 0.783 bits per heavy atom. The molecule has 7 nitrogen and oxygen atoms in total. The lowest BCUT2D eigenvalue weighted by Crippen LogP contribution is -2.10. The number of aliphatic hydroxyl groups excluding tert-OH is 1.